The fourth-order valence-corrected chi connectivity index (χ4v) is 2.36. The van der Waals surface area contributed by atoms with E-state index in [2.05, 4.69) is 5.32 Å². The Morgan fingerprint density at radius 1 is 0.750 bits per heavy atom. The number of hydrogen-bond acceptors (Lipinski definition) is 5. The minimum absolute atomic E-state index is 0.659. The van der Waals surface area contributed by atoms with Crippen molar-refractivity contribution in [2.24, 2.45) is 0 Å². The minimum atomic E-state index is -1.03. The molecule has 0 bridgehead atoms. The van der Waals surface area contributed by atoms with Crippen LogP contribution in [0.25, 0.3) is 0 Å². The summed E-state index contributed by atoms with van der Waals surface area (Å²) >= 11 is 0. The normalized spacial score (nSPS) is 14.1. The first-order valence-electron chi connectivity index (χ1n) is 7.54. The molecule has 0 rings (SSSR count). The lowest BCUT2D eigenvalue weighted by Gasteiger charge is -2.42. The van der Waals surface area contributed by atoms with E-state index >= 15 is 0 Å². The standard InChI is InChI=1S/C15H34N2O3/c1-13(2,18)16-11-9-7-8-10-12-17(14(3,4)19)15(5,6)20/h16,18-20H,7-12H2,1-6H3. The van der Waals surface area contributed by atoms with Gasteiger partial charge in [-0.15, -0.1) is 0 Å². The van der Waals surface area contributed by atoms with Crippen LogP contribution in [0.4, 0.5) is 0 Å². The highest BCUT2D eigenvalue weighted by Crippen LogP contribution is 2.22. The van der Waals surface area contributed by atoms with Gasteiger partial charge in [0.1, 0.15) is 17.2 Å². The van der Waals surface area contributed by atoms with Crippen LogP contribution in [-0.2, 0) is 0 Å². The molecular formula is C15H34N2O3. The van der Waals surface area contributed by atoms with Gasteiger partial charge in [0.05, 0.1) is 0 Å². The van der Waals surface area contributed by atoms with E-state index < -0.39 is 17.2 Å². The van der Waals surface area contributed by atoms with Crippen molar-refractivity contribution in [3.05, 3.63) is 0 Å². The van der Waals surface area contributed by atoms with Gasteiger partial charge >= 0.3 is 0 Å². The molecule has 122 valence electrons. The molecule has 0 amide bonds. The predicted octanol–water partition coefficient (Wildman–Crippen LogP) is 1.62. The van der Waals surface area contributed by atoms with Crippen molar-refractivity contribution in [2.45, 2.75) is 84.4 Å². The van der Waals surface area contributed by atoms with Gasteiger partial charge < -0.3 is 15.3 Å². The van der Waals surface area contributed by atoms with E-state index in [1.165, 1.54) is 0 Å². The van der Waals surface area contributed by atoms with E-state index in [1.54, 1.807) is 46.4 Å². The summed E-state index contributed by atoms with van der Waals surface area (Å²) in [6.07, 6.45) is 4.04. The molecule has 0 saturated heterocycles. The molecule has 0 atom stereocenters. The Labute approximate surface area is 124 Å². The summed E-state index contributed by atoms with van der Waals surface area (Å²) in [5.41, 5.74) is -2.86. The number of nitrogens with zero attached hydrogens (tertiary/aromatic N) is 1. The van der Waals surface area contributed by atoms with E-state index in [1.807, 2.05) is 0 Å². The van der Waals surface area contributed by atoms with E-state index in [4.69, 9.17) is 0 Å². The quantitative estimate of drug-likeness (QED) is 0.363. The van der Waals surface area contributed by atoms with E-state index in [0.717, 1.165) is 32.2 Å². The molecule has 0 unspecified atom stereocenters. The molecule has 4 N–H and O–H groups in total. The van der Waals surface area contributed by atoms with Gasteiger partial charge in [-0.1, -0.05) is 12.8 Å². The molecule has 0 aliphatic heterocycles. The molecule has 0 spiro atoms. The van der Waals surface area contributed by atoms with Gasteiger partial charge in [-0.25, -0.2) is 4.90 Å². The zero-order chi connectivity index (χ0) is 16.0. The zero-order valence-corrected chi connectivity index (χ0v) is 14.0. The Morgan fingerprint density at radius 2 is 1.20 bits per heavy atom. The monoisotopic (exact) mass is 290 g/mol. The highest BCUT2D eigenvalue weighted by Gasteiger charge is 2.34. The molecule has 0 saturated carbocycles. The molecule has 0 fully saturated rings. The van der Waals surface area contributed by atoms with Crippen LogP contribution in [0, 0.1) is 0 Å². The number of hydrogen-bond donors (Lipinski definition) is 4. The Hall–Kier alpha value is -0.200. The molecular weight excluding hydrogens is 256 g/mol. The van der Waals surface area contributed by atoms with Gasteiger partial charge in [0, 0.05) is 6.54 Å². The van der Waals surface area contributed by atoms with E-state index in [0.29, 0.717) is 6.54 Å². The topological polar surface area (TPSA) is 76.0 Å². The molecule has 20 heavy (non-hydrogen) atoms. The van der Waals surface area contributed by atoms with Crippen LogP contribution in [0.3, 0.4) is 0 Å². The molecule has 0 heterocycles. The van der Waals surface area contributed by atoms with Crippen molar-refractivity contribution in [2.75, 3.05) is 13.1 Å². The Morgan fingerprint density at radius 3 is 1.60 bits per heavy atom. The Balaban J connectivity index is 3.87. The average molecular weight is 290 g/mol. The summed E-state index contributed by atoms with van der Waals surface area (Å²) in [5.74, 6) is 0. The zero-order valence-electron chi connectivity index (χ0n) is 14.0. The fourth-order valence-electron chi connectivity index (χ4n) is 2.36. The summed E-state index contributed by atoms with van der Waals surface area (Å²) in [7, 11) is 0. The van der Waals surface area contributed by atoms with Crippen molar-refractivity contribution in [3.8, 4) is 0 Å². The second-order valence-corrected chi connectivity index (χ2v) is 7.04. The molecule has 0 aliphatic rings. The first-order valence-corrected chi connectivity index (χ1v) is 7.54. The first kappa shape index (κ1) is 19.8. The van der Waals surface area contributed by atoms with Crippen molar-refractivity contribution < 1.29 is 15.3 Å². The molecule has 0 aliphatic carbocycles. The summed E-state index contributed by atoms with van der Waals surface area (Å²) in [6, 6.07) is 0. The molecule has 0 aromatic carbocycles. The van der Waals surface area contributed by atoms with E-state index in [9.17, 15) is 15.3 Å². The SMILES string of the molecule is CC(C)(O)NCCCCCCN(C(C)(C)O)C(C)(C)O. The maximum Gasteiger partial charge on any atom is 0.115 e. The van der Waals surface area contributed by atoms with Crippen LogP contribution in [0.5, 0.6) is 0 Å². The highest BCUT2D eigenvalue weighted by molar-refractivity contribution is 4.78. The number of unbranched alkanes of at least 4 members (excludes halogenated alkanes) is 3. The molecule has 0 radical (unpaired) electrons. The largest absolute Gasteiger partial charge is 0.376 e. The van der Waals surface area contributed by atoms with Crippen molar-refractivity contribution in [1.29, 1.82) is 0 Å². The fraction of sp³-hybridized carbons (Fsp3) is 1.00. The number of rotatable bonds is 10. The summed E-state index contributed by atoms with van der Waals surface area (Å²) < 4.78 is 0. The summed E-state index contributed by atoms with van der Waals surface area (Å²) in [5, 5.41) is 32.7. The first-order chi connectivity index (χ1) is 8.84. The molecule has 5 heteroatoms. The van der Waals surface area contributed by atoms with Crippen LogP contribution >= 0.6 is 0 Å². The second-order valence-electron chi connectivity index (χ2n) is 7.04. The third kappa shape index (κ3) is 9.66. The lowest BCUT2D eigenvalue weighted by atomic mass is 10.1. The third-order valence-corrected chi connectivity index (χ3v) is 3.19. The number of nitrogens with one attached hydrogen (secondary N) is 1. The smallest absolute Gasteiger partial charge is 0.115 e. The molecule has 0 aromatic rings. The lowest BCUT2D eigenvalue weighted by molar-refractivity contribution is -0.200. The van der Waals surface area contributed by atoms with Crippen molar-refractivity contribution in [3.63, 3.8) is 0 Å². The summed E-state index contributed by atoms with van der Waals surface area (Å²) in [4.78, 5) is 1.70. The van der Waals surface area contributed by atoms with Crippen molar-refractivity contribution in [1.82, 2.24) is 10.2 Å². The Kier molecular flexibility index (Phi) is 7.63. The lowest BCUT2D eigenvalue weighted by Crippen LogP contribution is -2.55. The van der Waals surface area contributed by atoms with Gasteiger partial charge in [0.15, 0.2) is 0 Å². The average Bonchev–Trinajstić information content (AvgIpc) is 2.16. The van der Waals surface area contributed by atoms with E-state index in [-0.39, 0.29) is 0 Å². The van der Waals surface area contributed by atoms with Crippen LogP contribution in [0.1, 0.15) is 67.2 Å². The van der Waals surface area contributed by atoms with Crippen LogP contribution < -0.4 is 5.32 Å². The molecule has 5 nitrogen and oxygen atoms in total. The summed E-state index contributed by atoms with van der Waals surface area (Å²) in [6.45, 7) is 11.7. The van der Waals surface area contributed by atoms with Crippen LogP contribution in [0.15, 0.2) is 0 Å². The maximum atomic E-state index is 10.1. The van der Waals surface area contributed by atoms with Gasteiger partial charge in [-0.2, -0.15) is 0 Å². The second kappa shape index (κ2) is 7.71. The van der Waals surface area contributed by atoms with Crippen molar-refractivity contribution >= 4 is 0 Å². The maximum absolute atomic E-state index is 10.1. The third-order valence-electron chi connectivity index (χ3n) is 3.19. The van der Waals surface area contributed by atoms with Gasteiger partial charge in [-0.05, 0) is 60.9 Å². The van der Waals surface area contributed by atoms with Crippen LogP contribution in [-0.4, -0.2) is 50.5 Å². The highest BCUT2D eigenvalue weighted by atomic mass is 16.3. The molecule has 0 aromatic heterocycles. The van der Waals surface area contributed by atoms with Gasteiger partial charge in [0.25, 0.3) is 0 Å². The minimum Gasteiger partial charge on any atom is -0.376 e. The van der Waals surface area contributed by atoms with Crippen LogP contribution in [0.2, 0.25) is 0 Å². The number of aliphatic hydroxyl groups is 3. The van der Waals surface area contributed by atoms with Gasteiger partial charge in [0.2, 0.25) is 0 Å². The Bertz CT molecular complexity index is 248. The van der Waals surface area contributed by atoms with Gasteiger partial charge in [-0.3, -0.25) is 5.32 Å². The predicted molar refractivity (Wildman–Crippen MR) is 82.1 cm³/mol.